The Morgan fingerprint density at radius 3 is 2.38 bits per heavy atom. The third kappa shape index (κ3) is 5.86. The number of aromatic nitrogens is 3. The summed E-state index contributed by atoms with van der Waals surface area (Å²) in [6.07, 6.45) is -2.85. The number of amides is 1. The topological polar surface area (TPSA) is 71.3 Å². The SMILES string of the molecule is C=CC(=O)N1[C@H](C)CN(c2nc(=O)n3c4c(c(-c5cc(Cl)c(F)cc5F)c(C(F)(F)F)cc24)SC[C@@H](c2ccc(F)cn2)C3)C[C@@H]1C. The number of thioether (sulfide) groups is 1. The molecule has 2 aliphatic heterocycles. The number of halogens is 7. The molecule has 0 unspecified atom stereocenters. The van der Waals surface area contributed by atoms with E-state index in [4.69, 9.17) is 11.6 Å². The standard InChI is InChI=1S/C32H26ClF6N5O2S/c1-4-26(45)44-15(2)11-42(12-16(44)3)30-20-7-21(32(37,38)39)27(19-8-22(33)24(36)9-23(19)35)29-28(20)43(31(46)41-30)13-17(14-47-29)25-6-5-18(34)10-40-25/h4-10,15-17H,1,11-14H2,2-3H3/t15-,16+,17-/m0/s1. The largest absolute Gasteiger partial charge is 0.417 e. The van der Waals surface area contributed by atoms with Crippen molar-refractivity contribution in [2.75, 3.05) is 23.7 Å². The quantitative estimate of drug-likeness (QED) is 0.130. The van der Waals surface area contributed by atoms with Gasteiger partial charge in [0, 0.05) is 76.6 Å². The molecule has 4 heterocycles. The number of nitrogens with zero attached hydrogens (tertiary/aromatic N) is 5. The summed E-state index contributed by atoms with van der Waals surface area (Å²) in [6.45, 7) is 7.29. The summed E-state index contributed by atoms with van der Waals surface area (Å²) in [5, 5.41) is -0.607. The highest BCUT2D eigenvalue weighted by atomic mass is 35.5. The van der Waals surface area contributed by atoms with E-state index in [-0.39, 0.29) is 52.9 Å². The third-order valence-corrected chi connectivity index (χ3v) is 9.98. The van der Waals surface area contributed by atoms with E-state index < -0.39 is 69.0 Å². The number of rotatable bonds is 4. The Balaban J connectivity index is 1.65. The van der Waals surface area contributed by atoms with Crippen LogP contribution in [0.4, 0.5) is 32.2 Å². The molecule has 0 aliphatic carbocycles. The number of anilines is 1. The summed E-state index contributed by atoms with van der Waals surface area (Å²) in [5.41, 5.74) is -2.76. The molecule has 4 aromatic rings. The Kier molecular flexibility index (Phi) is 8.54. The minimum absolute atomic E-state index is 0.0209. The maximum Gasteiger partial charge on any atom is 0.417 e. The average molecular weight is 694 g/mol. The van der Waals surface area contributed by atoms with E-state index >= 15 is 17.6 Å². The highest BCUT2D eigenvalue weighted by Crippen LogP contribution is 2.50. The predicted molar refractivity (Wildman–Crippen MR) is 167 cm³/mol. The lowest BCUT2D eigenvalue weighted by Gasteiger charge is -2.44. The van der Waals surface area contributed by atoms with E-state index in [0.29, 0.717) is 11.8 Å². The van der Waals surface area contributed by atoms with Crippen molar-refractivity contribution in [3.8, 4) is 11.1 Å². The molecule has 0 radical (unpaired) electrons. The number of hydrogen-bond acceptors (Lipinski definition) is 6. The second-order valence-electron chi connectivity index (χ2n) is 11.6. The van der Waals surface area contributed by atoms with Crippen LogP contribution < -0.4 is 10.6 Å². The molecule has 47 heavy (non-hydrogen) atoms. The second kappa shape index (κ2) is 12.2. The number of piperazine rings is 1. The van der Waals surface area contributed by atoms with Gasteiger partial charge in [0.05, 0.1) is 22.3 Å². The first-order chi connectivity index (χ1) is 22.2. The Hall–Kier alpha value is -4.04. The first kappa shape index (κ1) is 32.9. The first-order valence-corrected chi connectivity index (χ1v) is 15.8. The van der Waals surface area contributed by atoms with Crippen LogP contribution in [0.1, 0.15) is 31.0 Å². The zero-order valence-electron chi connectivity index (χ0n) is 24.9. The normalized spacial score (nSPS) is 20.0. The van der Waals surface area contributed by atoms with E-state index in [0.717, 1.165) is 30.1 Å². The number of carbonyl (C=O) groups is 1. The molecular formula is C32H26ClF6N5O2S. The van der Waals surface area contributed by atoms with Crippen molar-refractivity contribution in [1.82, 2.24) is 19.4 Å². The predicted octanol–water partition coefficient (Wildman–Crippen LogP) is 7.05. The lowest BCUT2D eigenvalue weighted by Crippen LogP contribution is -2.58. The van der Waals surface area contributed by atoms with Crippen LogP contribution in [0.25, 0.3) is 22.0 Å². The Bertz CT molecular complexity index is 1970. The van der Waals surface area contributed by atoms with Crippen molar-refractivity contribution in [2.45, 2.75) is 49.5 Å². The lowest BCUT2D eigenvalue weighted by atomic mass is 9.95. The summed E-state index contributed by atoms with van der Waals surface area (Å²) >= 11 is 6.90. The number of alkyl halides is 3. The van der Waals surface area contributed by atoms with E-state index in [9.17, 15) is 18.4 Å². The van der Waals surface area contributed by atoms with Gasteiger partial charge in [-0.3, -0.25) is 14.3 Å². The van der Waals surface area contributed by atoms with Crippen LogP contribution in [0, 0.1) is 17.5 Å². The van der Waals surface area contributed by atoms with Crippen molar-refractivity contribution in [2.24, 2.45) is 0 Å². The fraction of sp³-hybridized carbons (Fsp3) is 0.312. The van der Waals surface area contributed by atoms with Crippen LogP contribution in [-0.2, 0) is 17.5 Å². The average Bonchev–Trinajstić information content (AvgIpc) is 3.21. The number of pyridine rings is 1. The molecule has 0 N–H and O–H groups in total. The number of benzene rings is 2. The molecule has 7 nitrogen and oxygen atoms in total. The van der Waals surface area contributed by atoms with Crippen molar-refractivity contribution in [1.29, 1.82) is 0 Å². The van der Waals surface area contributed by atoms with Crippen molar-refractivity contribution < 1.29 is 31.1 Å². The fourth-order valence-corrected chi connectivity index (χ4v) is 7.98. The Morgan fingerprint density at radius 2 is 1.77 bits per heavy atom. The summed E-state index contributed by atoms with van der Waals surface area (Å²) in [7, 11) is 0. The zero-order valence-corrected chi connectivity index (χ0v) is 26.5. The highest BCUT2D eigenvalue weighted by molar-refractivity contribution is 7.99. The monoisotopic (exact) mass is 693 g/mol. The minimum Gasteiger partial charge on any atom is -0.352 e. The van der Waals surface area contributed by atoms with Crippen LogP contribution in [0.15, 0.2) is 58.9 Å². The van der Waals surface area contributed by atoms with Gasteiger partial charge < -0.3 is 9.80 Å². The van der Waals surface area contributed by atoms with E-state index in [1.165, 1.54) is 22.8 Å². The van der Waals surface area contributed by atoms with Gasteiger partial charge in [-0.05, 0) is 44.2 Å². The van der Waals surface area contributed by atoms with Crippen molar-refractivity contribution in [3.63, 3.8) is 0 Å². The fourth-order valence-electron chi connectivity index (χ4n) is 6.45. The van der Waals surface area contributed by atoms with Gasteiger partial charge in [0.15, 0.2) is 0 Å². The van der Waals surface area contributed by atoms with Gasteiger partial charge in [-0.2, -0.15) is 18.2 Å². The van der Waals surface area contributed by atoms with Crippen LogP contribution >= 0.6 is 23.4 Å². The molecule has 6 rings (SSSR count). The highest BCUT2D eigenvalue weighted by Gasteiger charge is 2.40. The second-order valence-corrected chi connectivity index (χ2v) is 13.0. The molecule has 2 aromatic carbocycles. The molecule has 15 heteroatoms. The van der Waals surface area contributed by atoms with Gasteiger partial charge in [0.2, 0.25) is 5.91 Å². The molecule has 0 bridgehead atoms. The zero-order chi connectivity index (χ0) is 33.9. The van der Waals surface area contributed by atoms with Gasteiger partial charge in [0.25, 0.3) is 0 Å². The molecule has 1 saturated heterocycles. The Labute approximate surface area is 273 Å². The third-order valence-electron chi connectivity index (χ3n) is 8.43. The van der Waals surface area contributed by atoms with Crippen LogP contribution in [0.5, 0.6) is 0 Å². The number of hydrogen-bond donors (Lipinski definition) is 0. The molecule has 2 aromatic heterocycles. The van der Waals surface area contributed by atoms with Crippen molar-refractivity contribution in [3.05, 3.63) is 93.4 Å². The molecule has 3 atom stereocenters. The van der Waals surface area contributed by atoms with Crippen LogP contribution in [0.2, 0.25) is 5.02 Å². The first-order valence-electron chi connectivity index (χ1n) is 14.5. The van der Waals surface area contributed by atoms with E-state index in [2.05, 4.69) is 16.5 Å². The molecule has 1 fully saturated rings. The van der Waals surface area contributed by atoms with Crippen LogP contribution in [0.3, 0.4) is 0 Å². The van der Waals surface area contributed by atoms with Gasteiger partial charge in [-0.1, -0.05) is 18.2 Å². The summed E-state index contributed by atoms with van der Waals surface area (Å²) in [6, 6.07) is 3.82. The molecular weight excluding hydrogens is 668 g/mol. The van der Waals surface area contributed by atoms with Crippen molar-refractivity contribution >= 4 is 46.0 Å². The van der Waals surface area contributed by atoms with Crippen LogP contribution in [-0.4, -0.2) is 56.3 Å². The molecule has 0 saturated carbocycles. The van der Waals surface area contributed by atoms with E-state index in [1.807, 2.05) is 0 Å². The number of carbonyl (C=O) groups excluding carboxylic acids is 1. The van der Waals surface area contributed by atoms with Gasteiger partial charge in [-0.25, -0.2) is 18.0 Å². The summed E-state index contributed by atoms with van der Waals surface area (Å²) < 4.78 is 89.6. The molecule has 2 aliphatic rings. The summed E-state index contributed by atoms with van der Waals surface area (Å²) in [4.78, 5) is 38.0. The molecule has 1 amide bonds. The minimum atomic E-state index is -5.04. The lowest BCUT2D eigenvalue weighted by molar-refractivity contribution is -0.137. The maximum atomic E-state index is 15.4. The summed E-state index contributed by atoms with van der Waals surface area (Å²) in [5.74, 6) is -3.87. The smallest absolute Gasteiger partial charge is 0.352 e. The van der Waals surface area contributed by atoms with E-state index in [1.54, 1.807) is 23.6 Å². The Morgan fingerprint density at radius 1 is 1.06 bits per heavy atom. The van der Waals surface area contributed by atoms with Gasteiger partial charge >= 0.3 is 11.9 Å². The molecule has 0 spiro atoms. The van der Waals surface area contributed by atoms with Gasteiger partial charge in [-0.15, -0.1) is 11.8 Å². The molecule has 246 valence electrons. The maximum absolute atomic E-state index is 15.4. The van der Waals surface area contributed by atoms with Gasteiger partial charge in [0.1, 0.15) is 23.3 Å².